The number of hydrogen-bond donors (Lipinski definition) is 1. The number of furan rings is 1. The maximum atomic E-state index is 12.3. The van der Waals surface area contributed by atoms with Crippen molar-refractivity contribution in [2.45, 2.75) is 58.4 Å². The van der Waals surface area contributed by atoms with Crippen LogP contribution in [0.25, 0.3) is 11.0 Å². The molecule has 2 aromatic heterocycles. The molecule has 0 unspecified atom stereocenters. The lowest BCUT2D eigenvalue weighted by molar-refractivity contribution is 0.142. The predicted molar refractivity (Wildman–Crippen MR) is 110 cm³/mol. The summed E-state index contributed by atoms with van der Waals surface area (Å²) in [6.07, 6.45) is 4.04. The van der Waals surface area contributed by atoms with Crippen molar-refractivity contribution in [1.82, 2.24) is 14.9 Å². The molecule has 1 saturated heterocycles. The van der Waals surface area contributed by atoms with Crippen molar-refractivity contribution in [3.63, 3.8) is 0 Å². The van der Waals surface area contributed by atoms with E-state index in [2.05, 4.69) is 41.9 Å². The molecule has 28 heavy (non-hydrogen) atoms. The highest BCUT2D eigenvalue weighted by atomic mass is 16.3. The van der Waals surface area contributed by atoms with Crippen molar-refractivity contribution in [3.05, 3.63) is 62.5 Å². The van der Waals surface area contributed by atoms with Crippen LogP contribution in [-0.4, -0.2) is 28.0 Å². The van der Waals surface area contributed by atoms with E-state index in [-0.39, 0.29) is 11.0 Å². The summed E-state index contributed by atoms with van der Waals surface area (Å²) in [5.74, 6) is 1.81. The van der Waals surface area contributed by atoms with Gasteiger partial charge in [-0.25, -0.2) is 4.98 Å². The highest BCUT2D eigenvalue weighted by Gasteiger charge is 2.43. The summed E-state index contributed by atoms with van der Waals surface area (Å²) in [6.45, 7) is 9.05. The number of hydrogen-bond acceptors (Lipinski definition) is 4. The molecule has 0 atom stereocenters. The lowest BCUT2D eigenvalue weighted by Crippen LogP contribution is -2.42. The molecule has 0 radical (unpaired) electrons. The highest BCUT2D eigenvalue weighted by molar-refractivity contribution is 5.82. The molecule has 1 N–H and O–H groups in total. The molecule has 1 spiro atoms. The van der Waals surface area contributed by atoms with E-state index in [1.165, 1.54) is 16.5 Å². The largest absolute Gasteiger partial charge is 0.459 e. The molecule has 0 saturated carbocycles. The van der Waals surface area contributed by atoms with Gasteiger partial charge in [-0.2, -0.15) is 0 Å². The fraction of sp³-hybridized carbons (Fsp3) is 0.478. The van der Waals surface area contributed by atoms with Gasteiger partial charge in [-0.05, 0) is 77.2 Å². The highest BCUT2D eigenvalue weighted by Crippen LogP contribution is 2.44. The number of piperidine rings is 1. The van der Waals surface area contributed by atoms with Crippen molar-refractivity contribution >= 4 is 11.0 Å². The first kappa shape index (κ1) is 17.7. The monoisotopic (exact) mass is 377 g/mol. The maximum Gasteiger partial charge on any atom is 0.254 e. The summed E-state index contributed by atoms with van der Waals surface area (Å²) >= 11 is 0. The van der Waals surface area contributed by atoms with Crippen LogP contribution in [0, 0.1) is 20.8 Å². The van der Waals surface area contributed by atoms with Crippen LogP contribution in [0.5, 0.6) is 0 Å². The van der Waals surface area contributed by atoms with Gasteiger partial charge in [0.2, 0.25) is 0 Å². The third-order valence-corrected chi connectivity index (χ3v) is 6.86. The van der Waals surface area contributed by atoms with Crippen molar-refractivity contribution in [2.75, 3.05) is 13.1 Å². The van der Waals surface area contributed by atoms with Gasteiger partial charge in [0, 0.05) is 16.4 Å². The van der Waals surface area contributed by atoms with E-state index in [0.717, 1.165) is 73.7 Å². The van der Waals surface area contributed by atoms with Crippen molar-refractivity contribution in [1.29, 1.82) is 0 Å². The average Bonchev–Trinajstić information content (AvgIpc) is 3.16. The number of likely N-dealkylation sites (tertiary alicyclic amines) is 1. The second-order valence-electron chi connectivity index (χ2n) is 8.68. The molecule has 1 aliphatic carbocycles. The van der Waals surface area contributed by atoms with Crippen LogP contribution in [-0.2, 0) is 18.4 Å². The number of rotatable bonds is 2. The van der Waals surface area contributed by atoms with Crippen molar-refractivity contribution < 1.29 is 4.42 Å². The van der Waals surface area contributed by atoms with Crippen LogP contribution in [0.15, 0.2) is 27.4 Å². The fourth-order valence-electron chi connectivity index (χ4n) is 5.13. The average molecular weight is 377 g/mol. The number of nitrogens with one attached hydrogen (secondary N) is 1. The number of H-pyrrole nitrogens is 1. The number of benzene rings is 1. The van der Waals surface area contributed by atoms with Gasteiger partial charge in [0.05, 0.1) is 12.2 Å². The van der Waals surface area contributed by atoms with Crippen LogP contribution in [0.4, 0.5) is 0 Å². The molecule has 146 valence electrons. The van der Waals surface area contributed by atoms with Gasteiger partial charge in [0.25, 0.3) is 5.56 Å². The molecule has 0 amide bonds. The number of aryl methyl sites for hydroxylation is 3. The number of aromatic amines is 1. The van der Waals surface area contributed by atoms with Crippen LogP contribution >= 0.6 is 0 Å². The molecule has 3 heterocycles. The van der Waals surface area contributed by atoms with Gasteiger partial charge in [0.1, 0.15) is 17.2 Å². The van der Waals surface area contributed by atoms with Gasteiger partial charge in [-0.15, -0.1) is 0 Å². The summed E-state index contributed by atoms with van der Waals surface area (Å²) < 4.78 is 6.16. The minimum atomic E-state index is 0.0648. The Morgan fingerprint density at radius 2 is 1.96 bits per heavy atom. The standard InChI is InChI=1S/C23H27N3O2/c1-14-4-5-19-18(12-14)15(2)20(28-19)13-26-10-8-23(9-11-26)7-6-17-21(23)24-16(3)25-22(17)27/h4-5,12H,6-11,13H2,1-3H3,(H,24,25,27). The van der Waals surface area contributed by atoms with Gasteiger partial charge in [-0.1, -0.05) is 11.6 Å². The summed E-state index contributed by atoms with van der Waals surface area (Å²) in [5, 5.41) is 1.23. The molecule has 1 fully saturated rings. The molecule has 5 heteroatoms. The lowest BCUT2D eigenvalue weighted by Gasteiger charge is -2.39. The van der Waals surface area contributed by atoms with E-state index in [9.17, 15) is 4.79 Å². The smallest absolute Gasteiger partial charge is 0.254 e. The van der Waals surface area contributed by atoms with Gasteiger partial charge < -0.3 is 9.40 Å². The molecule has 5 rings (SSSR count). The van der Waals surface area contributed by atoms with E-state index in [1.54, 1.807) is 0 Å². The molecule has 0 bridgehead atoms. The Hall–Kier alpha value is -2.40. The zero-order valence-electron chi connectivity index (χ0n) is 16.9. The summed E-state index contributed by atoms with van der Waals surface area (Å²) in [6, 6.07) is 6.39. The normalized spacial score (nSPS) is 18.8. The zero-order valence-corrected chi connectivity index (χ0v) is 16.9. The molecule has 1 aromatic carbocycles. The van der Waals surface area contributed by atoms with Gasteiger partial charge >= 0.3 is 0 Å². The number of fused-ring (bicyclic) bond motifs is 3. The minimum Gasteiger partial charge on any atom is -0.459 e. The predicted octanol–water partition coefficient (Wildman–Crippen LogP) is 3.92. The molecular formula is C23H27N3O2. The molecule has 1 aliphatic heterocycles. The Balaban J connectivity index is 1.36. The Bertz CT molecular complexity index is 1120. The zero-order chi connectivity index (χ0) is 19.5. The van der Waals surface area contributed by atoms with Crippen LogP contribution in [0.3, 0.4) is 0 Å². The lowest BCUT2D eigenvalue weighted by atomic mass is 9.76. The number of aromatic nitrogens is 2. The van der Waals surface area contributed by atoms with E-state index in [1.807, 2.05) is 6.92 Å². The summed E-state index contributed by atoms with van der Waals surface area (Å²) in [7, 11) is 0. The Labute approximate surface area is 164 Å². The van der Waals surface area contributed by atoms with Crippen LogP contribution < -0.4 is 5.56 Å². The Morgan fingerprint density at radius 1 is 1.18 bits per heavy atom. The molecule has 5 nitrogen and oxygen atoms in total. The first-order chi connectivity index (χ1) is 13.4. The summed E-state index contributed by atoms with van der Waals surface area (Å²) in [5.41, 5.74) is 5.65. The Kier molecular flexibility index (Phi) is 3.98. The third kappa shape index (κ3) is 2.72. The number of nitrogens with zero attached hydrogens (tertiary/aromatic N) is 2. The van der Waals surface area contributed by atoms with Gasteiger partial charge in [0.15, 0.2) is 0 Å². The van der Waals surface area contributed by atoms with Crippen LogP contribution in [0.2, 0.25) is 0 Å². The molecule has 2 aliphatic rings. The van der Waals surface area contributed by atoms with Crippen LogP contribution in [0.1, 0.15) is 53.2 Å². The second-order valence-corrected chi connectivity index (χ2v) is 8.68. The minimum absolute atomic E-state index is 0.0648. The van der Waals surface area contributed by atoms with E-state index in [0.29, 0.717) is 0 Å². The Morgan fingerprint density at radius 3 is 2.75 bits per heavy atom. The van der Waals surface area contributed by atoms with E-state index in [4.69, 9.17) is 9.40 Å². The second kappa shape index (κ2) is 6.31. The van der Waals surface area contributed by atoms with Crippen molar-refractivity contribution in [3.8, 4) is 0 Å². The van der Waals surface area contributed by atoms with Crippen molar-refractivity contribution in [2.24, 2.45) is 0 Å². The van der Waals surface area contributed by atoms with E-state index < -0.39 is 0 Å². The topological polar surface area (TPSA) is 62.1 Å². The first-order valence-corrected chi connectivity index (χ1v) is 10.3. The van der Waals surface area contributed by atoms with Gasteiger partial charge in [-0.3, -0.25) is 9.69 Å². The first-order valence-electron chi connectivity index (χ1n) is 10.3. The third-order valence-electron chi connectivity index (χ3n) is 6.86. The summed E-state index contributed by atoms with van der Waals surface area (Å²) in [4.78, 5) is 22.4. The molecule has 3 aromatic rings. The van der Waals surface area contributed by atoms with E-state index >= 15 is 0 Å². The quantitative estimate of drug-likeness (QED) is 0.735. The molecular weight excluding hydrogens is 350 g/mol. The SMILES string of the molecule is Cc1ccc2oc(CN3CCC4(CCc5c4nc(C)[nH]c5=O)CC3)c(C)c2c1. The fourth-order valence-corrected chi connectivity index (χ4v) is 5.13. The maximum absolute atomic E-state index is 12.3.